The lowest BCUT2D eigenvalue weighted by atomic mass is 9.58. The number of rotatable bonds is 8. The SMILES string of the molecule is O=C(O)c1cccc(-c2noc(C34CCC(OCc5c(-c6c(Cl)cccc6Cl)noc5C5CC5)(CC3)CC4)n2)n1. The Hall–Kier alpha value is -3.27. The van der Waals surface area contributed by atoms with Gasteiger partial charge in [-0.3, -0.25) is 0 Å². The Morgan fingerprint density at radius 2 is 1.65 bits per heavy atom. The van der Waals surface area contributed by atoms with Crippen molar-refractivity contribution < 1.29 is 23.7 Å². The van der Waals surface area contributed by atoms with Crippen molar-refractivity contribution in [1.82, 2.24) is 20.3 Å². The fraction of sp³-hybridized carbons (Fsp3) is 0.414. The Balaban J connectivity index is 1.09. The molecule has 206 valence electrons. The van der Waals surface area contributed by atoms with E-state index in [4.69, 9.17) is 37.0 Å². The molecule has 0 radical (unpaired) electrons. The predicted molar refractivity (Wildman–Crippen MR) is 145 cm³/mol. The zero-order valence-corrected chi connectivity index (χ0v) is 23.0. The highest BCUT2D eigenvalue weighted by Gasteiger charge is 2.53. The first-order chi connectivity index (χ1) is 19.4. The molecule has 2 bridgehead atoms. The second-order valence-electron chi connectivity index (χ2n) is 11.1. The van der Waals surface area contributed by atoms with Gasteiger partial charge >= 0.3 is 5.97 Å². The Bertz CT molecular complexity index is 1570. The number of ether oxygens (including phenoxy) is 1. The molecule has 0 spiro atoms. The number of pyridine rings is 1. The first kappa shape index (κ1) is 25.7. The van der Waals surface area contributed by atoms with Crippen LogP contribution in [0.4, 0.5) is 0 Å². The third kappa shape index (κ3) is 4.40. The van der Waals surface area contributed by atoms with E-state index in [0.29, 0.717) is 51.2 Å². The van der Waals surface area contributed by atoms with Gasteiger partial charge in [0.25, 0.3) is 0 Å². The molecule has 4 fully saturated rings. The molecule has 40 heavy (non-hydrogen) atoms. The van der Waals surface area contributed by atoms with E-state index in [0.717, 1.165) is 62.7 Å². The molecule has 0 unspecified atom stereocenters. The zero-order chi connectivity index (χ0) is 27.5. The van der Waals surface area contributed by atoms with Crippen LogP contribution in [0.5, 0.6) is 0 Å². The number of carbonyl (C=O) groups is 1. The molecule has 4 aromatic rings. The quantitative estimate of drug-likeness (QED) is 0.229. The van der Waals surface area contributed by atoms with E-state index in [1.165, 1.54) is 6.07 Å². The number of hydrogen-bond acceptors (Lipinski definition) is 8. The van der Waals surface area contributed by atoms with Crippen molar-refractivity contribution in [2.45, 2.75) is 74.9 Å². The van der Waals surface area contributed by atoms with Crippen LogP contribution in [-0.4, -0.2) is 37.0 Å². The summed E-state index contributed by atoms with van der Waals surface area (Å²) in [4.78, 5) is 20.1. The van der Waals surface area contributed by atoms with Crippen LogP contribution < -0.4 is 0 Å². The number of halogens is 2. The maximum absolute atomic E-state index is 11.3. The van der Waals surface area contributed by atoms with Gasteiger partial charge in [0.1, 0.15) is 22.8 Å². The lowest BCUT2D eigenvalue weighted by Gasteiger charge is -2.51. The molecule has 1 N–H and O–H groups in total. The van der Waals surface area contributed by atoms with Gasteiger partial charge in [0, 0.05) is 17.0 Å². The Labute approximate surface area is 239 Å². The van der Waals surface area contributed by atoms with Crippen LogP contribution in [0.3, 0.4) is 0 Å². The van der Waals surface area contributed by atoms with Crippen LogP contribution in [-0.2, 0) is 16.8 Å². The predicted octanol–water partition coefficient (Wildman–Crippen LogP) is 7.23. The largest absolute Gasteiger partial charge is 0.477 e. The highest BCUT2D eigenvalue weighted by Crippen LogP contribution is 2.55. The van der Waals surface area contributed by atoms with Gasteiger partial charge in [0.2, 0.25) is 11.7 Å². The number of carboxylic acids is 1. The molecule has 8 rings (SSSR count). The minimum atomic E-state index is -1.10. The van der Waals surface area contributed by atoms with Crippen LogP contribution in [0, 0.1) is 0 Å². The van der Waals surface area contributed by atoms with E-state index in [2.05, 4.69) is 20.3 Å². The minimum Gasteiger partial charge on any atom is -0.477 e. The van der Waals surface area contributed by atoms with Crippen molar-refractivity contribution in [2.24, 2.45) is 0 Å². The molecule has 0 saturated heterocycles. The third-order valence-corrected chi connectivity index (χ3v) is 9.37. The van der Waals surface area contributed by atoms with Crippen LogP contribution in [0.2, 0.25) is 10.0 Å². The summed E-state index contributed by atoms with van der Waals surface area (Å²) >= 11 is 13.1. The Kier molecular flexibility index (Phi) is 6.21. The minimum absolute atomic E-state index is 0.0584. The number of benzene rings is 1. The van der Waals surface area contributed by atoms with Crippen LogP contribution in [0.1, 0.15) is 85.0 Å². The molecular formula is C29H26Cl2N4O5. The van der Waals surface area contributed by atoms with E-state index in [-0.39, 0.29) is 16.7 Å². The summed E-state index contributed by atoms with van der Waals surface area (Å²) in [7, 11) is 0. The van der Waals surface area contributed by atoms with Gasteiger partial charge in [-0.25, -0.2) is 9.78 Å². The van der Waals surface area contributed by atoms with Gasteiger partial charge in [-0.15, -0.1) is 0 Å². The van der Waals surface area contributed by atoms with Crippen molar-refractivity contribution in [2.75, 3.05) is 0 Å². The van der Waals surface area contributed by atoms with Crippen molar-refractivity contribution in [3.63, 3.8) is 0 Å². The van der Waals surface area contributed by atoms with E-state index >= 15 is 0 Å². The van der Waals surface area contributed by atoms with E-state index in [1.54, 1.807) is 24.3 Å². The highest BCUT2D eigenvalue weighted by atomic mass is 35.5. The molecule has 3 aromatic heterocycles. The van der Waals surface area contributed by atoms with Crippen molar-refractivity contribution >= 4 is 29.2 Å². The normalized spacial score (nSPS) is 23.9. The molecule has 1 aromatic carbocycles. The molecule has 11 heteroatoms. The number of aromatic carboxylic acids is 1. The topological polar surface area (TPSA) is 124 Å². The molecule has 9 nitrogen and oxygen atoms in total. The standard InChI is InChI=1S/C29H26Cl2N4O5/c30-18-3-1-4-19(31)22(18)23-17(24(39-34-23)16-7-8-16)15-38-29-12-9-28(10-13-29,11-14-29)27-33-25(35-40-27)20-5-2-6-21(32-20)26(36)37/h1-6,16H,7-15H2,(H,36,37). The van der Waals surface area contributed by atoms with Crippen molar-refractivity contribution in [3.8, 4) is 22.8 Å². The van der Waals surface area contributed by atoms with Crippen LogP contribution in [0.25, 0.3) is 22.8 Å². The van der Waals surface area contributed by atoms with Crippen molar-refractivity contribution in [1.29, 1.82) is 0 Å². The molecule has 4 saturated carbocycles. The van der Waals surface area contributed by atoms with Gasteiger partial charge in [-0.1, -0.05) is 45.6 Å². The van der Waals surface area contributed by atoms with Gasteiger partial charge in [-0.2, -0.15) is 4.98 Å². The highest BCUT2D eigenvalue weighted by molar-refractivity contribution is 6.39. The number of aromatic nitrogens is 4. The Morgan fingerprint density at radius 1 is 0.950 bits per heavy atom. The maximum Gasteiger partial charge on any atom is 0.354 e. The molecule has 4 aliphatic carbocycles. The Morgan fingerprint density at radius 3 is 2.33 bits per heavy atom. The van der Waals surface area contributed by atoms with Crippen LogP contribution in [0.15, 0.2) is 45.4 Å². The van der Waals surface area contributed by atoms with E-state index in [9.17, 15) is 9.90 Å². The third-order valence-electron chi connectivity index (χ3n) is 8.74. The van der Waals surface area contributed by atoms with E-state index < -0.39 is 5.97 Å². The lowest BCUT2D eigenvalue weighted by Crippen LogP contribution is -2.49. The van der Waals surface area contributed by atoms with Gasteiger partial charge in [0.15, 0.2) is 0 Å². The first-order valence-corrected chi connectivity index (χ1v) is 14.2. The van der Waals surface area contributed by atoms with Crippen LogP contribution >= 0.6 is 23.2 Å². The monoisotopic (exact) mass is 580 g/mol. The summed E-state index contributed by atoms with van der Waals surface area (Å²) in [6.07, 6.45) is 7.33. The number of hydrogen-bond donors (Lipinski definition) is 1. The van der Waals surface area contributed by atoms with Gasteiger partial charge in [-0.05, 0) is 75.6 Å². The average molecular weight is 581 g/mol. The molecular weight excluding hydrogens is 555 g/mol. The molecule has 4 aliphatic rings. The summed E-state index contributed by atoms with van der Waals surface area (Å²) in [5.41, 5.74) is 2.14. The number of carboxylic acid groups (broad SMARTS) is 1. The summed E-state index contributed by atoms with van der Waals surface area (Å²) in [5, 5.41) is 18.9. The number of nitrogens with zero attached hydrogens (tertiary/aromatic N) is 4. The summed E-state index contributed by atoms with van der Waals surface area (Å²) in [6.45, 7) is 0.384. The molecule has 3 heterocycles. The lowest BCUT2D eigenvalue weighted by molar-refractivity contribution is -0.130. The summed E-state index contributed by atoms with van der Waals surface area (Å²) < 4.78 is 18.3. The molecule has 0 amide bonds. The number of fused-ring (bicyclic) bond motifs is 3. The fourth-order valence-electron chi connectivity index (χ4n) is 6.18. The molecule has 0 aliphatic heterocycles. The smallest absolute Gasteiger partial charge is 0.354 e. The average Bonchev–Trinajstić information content (AvgIpc) is 3.53. The maximum atomic E-state index is 11.3. The van der Waals surface area contributed by atoms with E-state index in [1.807, 2.05) is 6.07 Å². The second kappa shape index (κ2) is 9.68. The summed E-state index contributed by atoms with van der Waals surface area (Å²) in [5.74, 6) is 1.03. The molecule has 0 atom stereocenters. The van der Waals surface area contributed by atoms with Crippen molar-refractivity contribution in [3.05, 3.63) is 69.4 Å². The first-order valence-electron chi connectivity index (χ1n) is 13.5. The zero-order valence-electron chi connectivity index (χ0n) is 21.5. The van der Waals surface area contributed by atoms with Gasteiger partial charge in [0.05, 0.1) is 27.7 Å². The second-order valence-corrected chi connectivity index (χ2v) is 11.9. The van der Waals surface area contributed by atoms with Gasteiger partial charge < -0.3 is 18.9 Å². The summed E-state index contributed by atoms with van der Waals surface area (Å²) in [6, 6.07) is 10.2. The fourth-order valence-corrected chi connectivity index (χ4v) is 6.76.